The number of carbonyl (C=O) groups is 1. The van der Waals surface area contributed by atoms with E-state index >= 15 is 0 Å². The third kappa shape index (κ3) is 3.99. The smallest absolute Gasteiger partial charge is 0.277 e. The predicted octanol–water partition coefficient (Wildman–Crippen LogP) is 5.00. The van der Waals surface area contributed by atoms with Crippen LogP contribution in [0, 0.1) is 25.5 Å². The van der Waals surface area contributed by atoms with Gasteiger partial charge in [-0.3, -0.25) is 4.79 Å². The average Bonchev–Trinajstić information content (AvgIpc) is 3.02. The van der Waals surface area contributed by atoms with E-state index in [2.05, 4.69) is 10.2 Å². The molecule has 0 radical (unpaired) electrons. The van der Waals surface area contributed by atoms with Gasteiger partial charge < -0.3 is 4.42 Å². The quantitative estimate of drug-likeness (QED) is 0.465. The Hall–Kier alpha value is -2.54. The van der Waals surface area contributed by atoms with E-state index in [9.17, 15) is 13.6 Å². The summed E-state index contributed by atoms with van der Waals surface area (Å²) in [6, 6.07) is 8.77. The summed E-state index contributed by atoms with van der Waals surface area (Å²) in [5.74, 6) is -1.73. The number of ketones is 1. The molecule has 3 aromatic rings. The largest absolute Gasteiger partial charge is 0.411 e. The lowest BCUT2D eigenvalue weighted by Gasteiger charge is -2.08. The first-order valence-electron chi connectivity index (χ1n) is 7.91. The van der Waals surface area contributed by atoms with E-state index in [1.807, 2.05) is 32.0 Å². The molecular weight excluding hydrogens is 358 g/mol. The number of hydrogen-bond donors (Lipinski definition) is 0. The van der Waals surface area contributed by atoms with Gasteiger partial charge in [0.1, 0.15) is 11.6 Å². The Morgan fingerprint density at radius 1 is 1.08 bits per heavy atom. The molecule has 4 nitrogen and oxygen atoms in total. The van der Waals surface area contributed by atoms with E-state index < -0.39 is 22.7 Å². The summed E-state index contributed by atoms with van der Waals surface area (Å²) in [6.45, 7) is 5.55. The second-order valence-corrected chi connectivity index (χ2v) is 7.29. The van der Waals surface area contributed by atoms with Crippen molar-refractivity contribution < 1.29 is 18.0 Å². The van der Waals surface area contributed by atoms with E-state index in [1.165, 1.54) is 0 Å². The van der Waals surface area contributed by atoms with Crippen LogP contribution in [0.5, 0.6) is 0 Å². The number of carbonyl (C=O) groups excluding carboxylic acids is 1. The number of rotatable bonds is 5. The highest BCUT2D eigenvalue weighted by Gasteiger charge is 2.23. The molecule has 0 aliphatic heterocycles. The summed E-state index contributed by atoms with van der Waals surface area (Å²) in [6.07, 6.45) is 0. The fourth-order valence-corrected chi connectivity index (χ4v) is 3.34. The molecule has 1 aromatic heterocycles. The average molecular weight is 374 g/mol. The number of aryl methyl sites for hydroxylation is 2. The Morgan fingerprint density at radius 2 is 1.77 bits per heavy atom. The third-order valence-corrected chi connectivity index (χ3v) is 4.65. The Morgan fingerprint density at radius 3 is 2.42 bits per heavy atom. The molecule has 0 amide bonds. The molecule has 0 aliphatic rings. The maximum atomic E-state index is 13.8. The van der Waals surface area contributed by atoms with Gasteiger partial charge in [-0.05, 0) is 45.0 Å². The summed E-state index contributed by atoms with van der Waals surface area (Å²) in [4.78, 5) is 12.4. The first-order valence-corrected chi connectivity index (χ1v) is 8.79. The molecule has 0 bridgehead atoms. The Bertz CT molecular complexity index is 952. The first-order chi connectivity index (χ1) is 12.3. The topological polar surface area (TPSA) is 56.0 Å². The zero-order chi connectivity index (χ0) is 18.8. The number of aromatic nitrogens is 2. The van der Waals surface area contributed by atoms with Crippen LogP contribution in [-0.4, -0.2) is 21.2 Å². The molecule has 134 valence electrons. The van der Waals surface area contributed by atoms with Crippen LogP contribution in [0.15, 0.2) is 46.0 Å². The molecule has 1 atom stereocenters. The van der Waals surface area contributed by atoms with Crippen LogP contribution in [0.2, 0.25) is 0 Å². The molecular formula is C19H16F2N2O2S. The normalized spacial score (nSPS) is 12.2. The van der Waals surface area contributed by atoms with Gasteiger partial charge >= 0.3 is 0 Å². The number of hydrogen-bond acceptors (Lipinski definition) is 5. The van der Waals surface area contributed by atoms with Crippen molar-refractivity contribution in [1.29, 1.82) is 0 Å². The molecule has 0 fully saturated rings. The highest BCUT2D eigenvalue weighted by Crippen LogP contribution is 2.29. The van der Waals surface area contributed by atoms with Gasteiger partial charge in [-0.25, -0.2) is 8.78 Å². The Balaban J connectivity index is 1.77. The molecule has 3 rings (SSSR count). The minimum absolute atomic E-state index is 0.166. The van der Waals surface area contributed by atoms with Gasteiger partial charge in [-0.2, -0.15) is 0 Å². The molecule has 1 unspecified atom stereocenters. The minimum atomic E-state index is -0.885. The highest BCUT2D eigenvalue weighted by molar-refractivity contribution is 8.00. The number of nitrogens with zero attached hydrogens (tertiary/aromatic N) is 2. The van der Waals surface area contributed by atoms with Crippen LogP contribution < -0.4 is 0 Å². The highest BCUT2D eigenvalue weighted by atomic mass is 32.2. The summed E-state index contributed by atoms with van der Waals surface area (Å²) < 4.78 is 32.4. The Labute approximate surface area is 153 Å². The van der Waals surface area contributed by atoms with Gasteiger partial charge in [0.15, 0.2) is 5.78 Å². The fourth-order valence-electron chi connectivity index (χ4n) is 2.59. The van der Waals surface area contributed by atoms with Crippen molar-refractivity contribution in [1.82, 2.24) is 10.2 Å². The van der Waals surface area contributed by atoms with Crippen molar-refractivity contribution in [3.05, 3.63) is 64.7 Å². The van der Waals surface area contributed by atoms with E-state index in [-0.39, 0.29) is 10.8 Å². The van der Waals surface area contributed by atoms with Crippen molar-refractivity contribution in [2.45, 2.75) is 31.2 Å². The molecule has 26 heavy (non-hydrogen) atoms. The SMILES string of the molecule is Cc1cc(C)cc(-c2nnc(SC(C)C(=O)c3ccc(F)cc3F)o2)c1. The van der Waals surface area contributed by atoms with Crippen LogP contribution in [0.1, 0.15) is 28.4 Å². The molecule has 0 spiro atoms. The van der Waals surface area contributed by atoms with Crippen molar-refractivity contribution in [3.63, 3.8) is 0 Å². The van der Waals surface area contributed by atoms with Crippen molar-refractivity contribution in [2.24, 2.45) is 0 Å². The fraction of sp³-hybridized carbons (Fsp3) is 0.211. The zero-order valence-electron chi connectivity index (χ0n) is 14.4. The van der Waals surface area contributed by atoms with E-state index in [0.29, 0.717) is 12.0 Å². The molecule has 2 aromatic carbocycles. The molecule has 7 heteroatoms. The van der Waals surface area contributed by atoms with Gasteiger partial charge in [0.25, 0.3) is 5.22 Å². The number of benzene rings is 2. The third-order valence-electron chi connectivity index (χ3n) is 3.72. The standard InChI is InChI=1S/C19H16F2N2O2S/c1-10-6-11(2)8-13(7-10)18-22-23-19(25-18)26-12(3)17(24)15-5-4-14(20)9-16(15)21/h4-9,12H,1-3H3. The van der Waals surface area contributed by atoms with Gasteiger partial charge in [-0.15, -0.1) is 10.2 Å². The summed E-state index contributed by atoms with van der Waals surface area (Å²) in [5, 5.41) is 7.50. The van der Waals surface area contributed by atoms with Crippen molar-refractivity contribution in [3.8, 4) is 11.5 Å². The van der Waals surface area contributed by atoms with E-state index in [0.717, 1.165) is 40.6 Å². The summed E-state index contributed by atoms with van der Waals surface area (Å²) in [5.41, 5.74) is 2.77. The number of thioether (sulfide) groups is 1. The number of Topliss-reactive ketones (excluding diaryl/α,β-unsaturated/α-hetero) is 1. The van der Waals surface area contributed by atoms with Crippen molar-refractivity contribution >= 4 is 17.5 Å². The predicted molar refractivity (Wildman–Crippen MR) is 95.2 cm³/mol. The van der Waals surface area contributed by atoms with Gasteiger partial charge in [0.2, 0.25) is 5.89 Å². The lowest BCUT2D eigenvalue weighted by molar-refractivity contribution is 0.0989. The van der Waals surface area contributed by atoms with E-state index in [4.69, 9.17) is 4.42 Å². The van der Waals surface area contributed by atoms with Gasteiger partial charge in [-0.1, -0.05) is 29.0 Å². The maximum Gasteiger partial charge on any atom is 0.277 e. The Kier molecular flexibility index (Phi) is 5.18. The lowest BCUT2D eigenvalue weighted by Crippen LogP contribution is -2.15. The first kappa shape index (κ1) is 18.3. The molecule has 0 aliphatic carbocycles. The number of halogens is 2. The van der Waals surface area contributed by atoms with Crippen LogP contribution in [0.25, 0.3) is 11.5 Å². The van der Waals surface area contributed by atoms with E-state index in [1.54, 1.807) is 6.92 Å². The molecule has 0 saturated carbocycles. The van der Waals surface area contributed by atoms with Crippen LogP contribution in [0.3, 0.4) is 0 Å². The van der Waals surface area contributed by atoms with Gasteiger partial charge in [0, 0.05) is 11.6 Å². The molecule has 1 heterocycles. The molecule has 0 N–H and O–H groups in total. The monoisotopic (exact) mass is 374 g/mol. The van der Waals surface area contributed by atoms with Gasteiger partial charge in [0.05, 0.1) is 10.8 Å². The second-order valence-electron chi connectivity index (χ2n) is 6.00. The lowest BCUT2D eigenvalue weighted by atomic mass is 10.1. The maximum absolute atomic E-state index is 13.8. The van der Waals surface area contributed by atoms with Crippen LogP contribution in [0.4, 0.5) is 8.78 Å². The summed E-state index contributed by atoms with van der Waals surface area (Å²) in [7, 11) is 0. The second kappa shape index (κ2) is 7.37. The van der Waals surface area contributed by atoms with Crippen LogP contribution >= 0.6 is 11.8 Å². The van der Waals surface area contributed by atoms with Crippen LogP contribution in [-0.2, 0) is 0 Å². The zero-order valence-corrected chi connectivity index (χ0v) is 15.2. The molecule has 0 saturated heterocycles. The van der Waals surface area contributed by atoms with Crippen molar-refractivity contribution in [2.75, 3.05) is 0 Å². The summed E-state index contributed by atoms with van der Waals surface area (Å²) >= 11 is 1.03. The minimum Gasteiger partial charge on any atom is -0.411 e.